The number of thiophene rings is 1. The number of nitrogens with zero attached hydrogens (tertiary/aromatic N) is 2. The van der Waals surface area contributed by atoms with E-state index in [0.717, 1.165) is 10.6 Å². The highest BCUT2D eigenvalue weighted by Gasteiger charge is 2.13. The average molecular weight is 283 g/mol. The fraction of sp³-hybridized carbons (Fsp3) is 0.0909. The second-order valence-corrected chi connectivity index (χ2v) is 5.16. The molecule has 0 amide bonds. The number of halogens is 1. The molecule has 0 bridgehead atoms. The van der Waals surface area contributed by atoms with E-state index in [0.29, 0.717) is 5.01 Å². The third-order valence-electron chi connectivity index (χ3n) is 2.02. The summed E-state index contributed by atoms with van der Waals surface area (Å²) >= 11 is 8.40. The minimum Gasteiger partial charge on any atom is -0.510 e. The van der Waals surface area contributed by atoms with Crippen molar-refractivity contribution in [3.63, 3.8) is 0 Å². The number of nitriles is 1. The van der Waals surface area contributed by atoms with Crippen LogP contribution in [0.3, 0.4) is 0 Å². The van der Waals surface area contributed by atoms with E-state index in [-0.39, 0.29) is 17.2 Å². The first-order chi connectivity index (χ1) is 8.26. The summed E-state index contributed by atoms with van der Waals surface area (Å²) in [7, 11) is 0. The molecule has 0 radical (unpaired) electrons. The summed E-state index contributed by atoms with van der Waals surface area (Å²) in [6, 6.07) is 5.82. The molecule has 0 aliphatic rings. The van der Waals surface area contributed by atoms with Crippen LogP contribution in [0.4, 0.5) is 0 Å². The van der Waals surface area contributed by atoms with Crippen molar-refractivity contribution in [3.05, 3.63) is 33.7 Å². The minimum absolute atomic E-state index is 0.0865. The number of hydrogen-bond acceptors (Lipinski definition) is 5. The summed E-state index contributed by atoms with van der Waals surface area (Å²) in [6.45, 7) is 0. The molecular formula is C11H7ClN2OS2. The lowest BCUT2D eigenvalue weighted by molar-refractivity contribution is 0.420. The number of allylic oxidation sites excluding steroid dienone is 2. The van der Waals surface area contributed by atoms with Crippen LogP contribution in [0, 0.1) is 11.3 Å². The zero-order chi connectivity index (χ0) is 12.3. The van der Waals surface area contributed by atoms with Gasteiger partial charge in [0.05, 0.1) is 16.5 Å². The van der Waals surface area contributed by atoms with Gasteiger partial charge in [0.25, 0.3) is 0 Å². The second-order valence-electron chi connectivity index (χ2n) is 3.08. The third-order valence-corrected chi connectivity index (χ3v) is 4.02. The van der Waals surface area contributed by atoms with E-state index in [4.69, 9.17) is 16.9 Å². The summed E-state index contributed by atoms with van der Waals surface area (Å²) in [5.74, 6) is -0.224. The Hall–Kier alpha value is -1.35. The van der Waals surface area contributed by atoms with E-state index >= 15 is 0 Å². The molecule has 6 heteroatoms. The zero-order valence-electron chi connectivity index (χ0n) is 8.55. The quantitative estimate of drug-likeness (QED) is 0.528. The monoisotopic (exact) mass is 282 g/mol. The second kappa shape index (κ2) is 5.32. The van der Waals surface area contributed by atoms with E-state index in [1.807, 2.05) is 29.0 Å². The molecular weight excluding hydrogens is 276 g/mol. The number of thiazole rings is 1. The Balaban J connectivity index is 2.40. The van der Waals surface area contributed by atoms with Gasteiger partial charge in [-0.3, -0.25) is 0 Å². The predicted molar refractivity (Wildman–Crippen MR) is 71.3 cm³/mol. The van der Waals surface area contributed by atoms with Gasteiger partial charge in [-0.1, -0.05) is 6.07 Å². The molecule has 0 saturated heterocycles. The lowest BCUT2D eigenvalue weighted by atomic mass is 10.2. The smallest absolute Gasteiger partial charge is 0.138 e. The number of aliphatic hydroxyl groups is 1. The van der Waals surface area contributed by atoms with Gasteiger partial charge < -0.3 is 5.11 Å². The first-order valence-corrected chi connectivity index (χ1v) is 6.93. The molecule has 3 nitrogen and oxygen atoms in total. The Kier molecular flexibility index (Phi) is 3.79. The van der Waals surface area contributed by atoms with Crippen LogP contribution >= 0.6 is 34.3 Å². The SMILES string of the molecule is N#C/C(=C(/O)CCl)c1nc(-c2cccs2)cs1. The minimum atomic E-state index is -0.138. The Morgan fingerprint density at radius 2 is 2.35 bits per heavy atom. The van der Waals surface area contributed by atoms with Crippen LogP contribution in [0.5, 0.6) is 0 Å². The van der Waals surface area contributed by atoms with Gasteiger partial charge >= 0.3 is 0 Å². The fourth-order valence-corrected chi connectivity index (χ4v) is 2.96. The molecule has 2 heterocycles. The van der Waals surface area contributed by atoms with Crippen LogP contribution in [0.25, 0.3) is 16.1 Å². The molecule has 0 aliphatic carbocycles. The molecule has 0 saturated carbocycles. The molecule has 17 heavy (non-hydrogen) atoms. The lowest BCUT2D eigenvalue weighted by Crippen LogP contribution is -1.90. The van der Waals surface area contributed by atoms with Crippen molar-refractivity contribution in [2.45, 2.75) is 0 Å². The maximum absolute atomic E-state index is 9.51. The highest BCUT2D eigenvalue weighted by atomic mass is 35.5. The lowest BCUT2D eigenvalue weighted by Gasteiger charge is -1.96. The third kappa shape index (κ3) is 2.50. The van der Waals surface area contributed by atoms with Crippen LogP contribution in [-0.2, 0) is 0 Å². The largest absolute Gasteiger partial charge is 0.510 e. The van der Waals surface area contributed by atoms with E-state index in [2.05, 4.69) is 4.98 Å². The molecule has 2 aromatic heterocycles. The molecule has 0 fully saturated rings. The van der Waals surface area contributed by atoms with Gasteiger partial charge in [0.15, 0.2) is 0 Å². The van der Waals surface area contributed by atoms with Gasteiger partial charge in [0.2, 0.25) is 0 Å². The molecule has 0 aromatic carbocycles. The summed E-state index contributed by atoms with van der Waals surface area (Å²) in [4.78, 5) is 5.36. The van der Waals surface area contributed by atoms with Crippen LogP contribution < -0.4 is 0 Å². The molecule has 0 unspecified atom stereocenters. The first-order valence-electron chi connectivity index (χ1n) is 4.64. The van der Waals surface area contributed by atoms with Gasteiger partial charge in [-0.2, -0.15) is 5.26 Å². The van der Waals surface area contributed by atoms with Gasteiger partial charge in [-0.05, 0) is 11.4 Å². The zero-order valence-corrected chi connectivity index (χ0v) is 10.9. The van der Waals surface area contributed by atoms with E-state index < -0.39 is 0 Å². The molecule has 0 spiro atoms. The number of rotatable bonds is 3. The predicted octanol–water partition coefficient (Wildman–Crippen LogP) is 3.90. The molecule has 2 aromatic rings. The van der Waals surface area contributed by atoms with Crippen LogP contribution in [0.15, 0.2) is 28.7 Å². The van der Waals surface area contributed by atoms with E-state index in [9.17, 15) is 5.11 Å². The van der Waals surface area contributed by atoms with Crippen molar-refractivity contribution >= 4 is 39.8 Å². The maximum Gasteiger partial charge on any atom is 0.138 e. The van der Waals surface area contributed by atoms with Crippen molar-refractivity contribution in [1.29, 1.82) is 5.26 Å². The molecule has 1 N–H and O–H groups in total. The normalized spacial score (nSPS) is 12.0. The fourth-order valence-electron chi connectivity index (χ4n) is 1.23. The Morgan fingerprint density at radius 1 is 1.53 bits per heavy atom. The van der Waals surface area contributed by atoms with E-state index in [1.165, 1.54) is 11.3 Å². The van der Waals surface area contributed by atoms with Crippen LogP contribution in [0.2, 0.25) is 0 Å². The Morgan fingerprint density at radius 3 is 2.94 bits per heavy atom. The Labute approximate surface area is 111 Å². The van der Waals surface area contributed by atoms with Gasteiger partial charge in [-0.25, -0.2) is 4.98 Å². The van der Waals surface area contributed by atoms with Crippen LogP contribution in [0.1, 0.15) is 5.01 Å². The molecule has 2 rings (SSSR count). The Bertz CT molecular complexity index is 581. The highest BCUT2D eigenvalue weighted by molar-refractivity contribution is 7.14. The van der Waals surface area contributed by atoms with Crippen molar-refractivity contribution in [3.8, 4) is 16.6 Å². The highest BCUT2D eigenvalue weighted by Crippen LogP contribution is 2.29. The number of hydrogen-bond donors (Lipinski definition) is 1. The van der Waals surface area contributed by atoms with Gasteiger partial charge in [0.1, 0.15) is 22.4 Å². The maximum atomic E-state index is 9.51. The molecule has 0 aliphatic heterocycles. The standard InChI is InChI=1S/C11H7ClN2OS2/c12-4-9(15)7(5-13)11-14-8(6-17-11)10-2-1-3-16-10/h1-3,6,15H,4H2/b9-7-. The molecule has 0 atom stereocenters. The van der Waals surface area contributed by atoms with Gasteiger partial charge in [0, 0.05) is 5.38 Å². The van der Waals surface area contributed by atoms with Crippen molar-refractivity contribution in [2.24, 2.45) is 0 Å². The first kappa shape index (κ1) is 12.1. The number of aromatic nitrogens is 1. The number of aliphatic hydroxyl groups excluding tert-OH is 1. The summed E-state index contributed by atoms with van der Waals surface area (Å²) in [6.07, 6.45) is 0. The van der Waals surface area contributed by atoms with Crippen LogP contribution in [-0.4, -0.2) is 16.0 Å². The van der Waals surface area contributed by atoms with Crippen molar-refractivity contribution < 1.29 is 5.11 Å². The van der Waals surface area contributed by atoms with Crippen molar-refractivity contribution in [1.82, 2.24) is 4.98 Å². The van der Waals surface area contributed by atoms with E-state index in [1.54, 1.807) is 11.3 Å². The summed E-state index contributed by atoms with van der Waals surface area (Å²) < 4.78 is 0. The molecule has 86 valence electrons. The number of alkyl halides is 1. The average Bonchev–Trinajstić information content (AvgIpc) is 2.99. The van der Waals surface area contributed by atoms with Gasteiger partial charge in [-0.15, -0.1) is 34.3 Å². The summed E-state index contributed by atoms with van der Waals surface area (Å²) in [5.41, 5.74) is 0.961. The topological polar surface area (TPSA) is 56.9 Å². The van der Waals surface area contributed by atoms with Crippen molar-refractivity contribution in [2.75, 3.05) is 5.88 Å². The summed E-state index contributed by atoms with van der Waals surface area (Å²) in [5, 5.41) is 22.8.